The van der Waals surface area contributed by atoms with Gasteiger partial charge >= 0.3 is 5.97 Å². The summed E-state index contributed by atoms with van der Waals surface area (Å²) in [5.74, 6) is -0.483. The number of Topliss-reactive ketones (excluding diaryl/α,β-unsaturated/α-hetero) is 1. The molecule has 0 aliphatic rings. The van der Waals surface area contributed by atoms with Crippen LogP contribution in [-0.4, -0.2) is 18.4 Å². The van der Waals surface area contributed by atoms with Gasteiger partial charge in [0, 0.05) is 6.42 Å². The van der Waals surface area contributed by atoms with Gasteiger partial charge < -0.3 is 4.74 Å². The van der Waals surface area contributed by atoms with Gasteiger partial charge in [-0.1, -0.05) is 12.2 Å². The van der Waals surface area contributed by atoms with Crippen LogP contribution in [0, 0.1) is 0 Å². The molecule has 0 fully saturated rings. The molecule has 0 aliphatic carbocycles. The largest absolute Gasteiger partial charge is 0.465 e. The van der Waals surface area contributed by atoms with Crippen LogP contribution >= 0.6 is 0 Å². The molecule has 0 saturated carbocycles. The lowest BCUT2D eigenvalue weighted by atomic mass is 10.1. The topological polar surface area (TPSA) is 43.4 Å². The van der Waals surface area contributed by atoms with E-state index in [9.17, 15) is 9.59 Å². The first-order valence-electron chi connectivity index (χ1n) is 5.59. The third kappa shape index (κ3) is 9.19. The summed E-state index contributed by atoms with van der Waals surface area (Å²) >= 11 is 0. The standard InChI is InChI=1S/C13H20O3/c1-3-5-7-8-9-12(14)11-13(15)16-10-6-4-2/h3-4H,1-2,5-11H2. The minimum atomic E-state index is -0.435. The molecule has 90 valence electrons. The second kappa shape index (κ2) is 10.1. The first kappa shape index (κ1) is 14.6. The molecule has 0 amide bonds. The Balaban J connectivity index is 3.50. The highest BCUT2D eigenvalue weighted by atomic mass is 16.5. The summed E-state index contributed by atoms with van der Waals surface area (Å²) in [7, 11) is 0. The van der Waals surface area contributed by atoms with Crippen LogP contribution in [0.2, 0.25) is 0 Å². The number of hydrogen-bond donors (Lipinski definition) is 0. The summed E-state index contributed by atoms with van der Waals surface area (Å²) in [4.78, 5) is 22.4. The normalized spacial score (nSPS) is 9.50. The fourth-order valence-electron chi connectivity index (χ4n) is 1.17. The predicted octanol–water partition coefficient (Wildman–Crippen LogP) is 2.81. The lowest BCUT2D eigenvalue weighted by Crippen LogP contribution is -2.11. The summed E-state index contributed by atoms with van der Waals surface area (Å²) in [6.45, 7) is 7.42. The van der Waals surface area contributed by atoms with Gasteiger partial charge in [-0.05, 0) is 25.7 Å². The molecule has 0 rings (SSSR count). The van der Waals surface area contributed by atoms with Gasteiger partial charge in [0.05, 0.1) is 6.61 Å². The molecule has 0 heterocycles. The Morgan fingerprint density at radius 2 is 1.75 bits per heavy atom. The number of unbranched alkanes of at least 4 members (excludes halogenated alkanes) is 2. The average Bonchev–Trinajstić information content (AvgIpc) is 2.25. The third-order valence-electron chi connectivity index (χ3n) is 2.04. The van der Waals surface area contributed by atoms with Crippen molar-refractivity contribution in [2.75, 3.05) is 6.61 Å². The fourth-order valence-corrected chi connectivity index (χ4v) is 1.17. The van der Waals surface area contributed by atoms with Crippen LogP contribution in [0.5, 0.6) is 0 Å². The smallest absolute Gasteiger partial charge is 0.313 e. The number of carbonyl (C=O) groups excluding carboxylic acids is 2. The van der Waals surface area contributed by atoms with Crippen molar-refractivity contribution in [1.29, 1.82) is 0 Å². The lowest BCUT2D eigenvalue weighted by Gasteiger charge is -2.02. The SMILES string of the molecule is C=CCCCCC(=O)CC(=O)OCCC=C. The van der Waals surface area contributed by atoms with Gasteiger partial charge in [0.2, 0.25) is 0 Å². The van der Waals surface area contributed by atoms with Crippen molar-refractivity contribution in [3.8, 4) is 0 Å². The van der Waals surface area contributed by atoms with Crippen molar-refractivity contribution >= 4 is 11.8 Å². The van der Waals surface area contributed by atoms with E-state index in [1.165, 1.54) is 0 Å². The van der Waals surface area contributed by atoms with Crippen molar-refractivity contribution in [3.05, 3.63) is 25.3 Å². The minimum absolute atomic E-state index is 0.0485. The monoisotopic (exact) mass is 224 g/mol. The molecule has 0 aromatic carbocycles. The van der Waals surface area contributed by atoms with Gasteiger partial charge in [-0.25, -0.2) is 0 Å². The Morgan fingerprint density at radius 3 is 2.38 bits per heavy atom. The summed E-state index contributed by atoms with van der Waals surface area (Å²) < 4.78 is 4.83. The Kier molecular flexibility index (Phi) is 9.27. The van der Waals surface area contributed by atoms with Gasteiger partial charge in [0.25, 0.3) is 0 Å². The zero-order valence-electron chi connectivity index (χ0n) is 9.74. The van der Waals surface area contributed by atoms with Gasteiger partial charge in [-0.2, -0.15) is 0 Å². The van der Waals surface area contributed by atoms with Crippen molar-refractivity contribution < 1.29 is 14.3 Å². The van der Waals surface area contributed by atoms with Gasteiger partial charge in [-0.3, -0.25) is 9.59 Å². The molecule has 0 radical (unpaired) electrons. The van der Waals surface area contributed by atoms with Crippen LogP contribution in [0.4, 0.5) is 0 Å². The van der Waals surface area contributed by atoms with E-state index in [1.54, 1.807) is 6.08 Å². The highest BCUT2D eigenvalue weighted by Gasteiger charge is 2.09. The summed E-state index contributed by atoms with van der Waals surface area (Å²) in [5, 5.41) is 0. The Labute approximate surface area is 97.2 Å². The maximum absolute atomic E-state index is 11.3. The van der Waals surface area contributed by atoms with Crippen molar-refractivity contribution in [2.45, 2.75) is 38.5 Å². The minimum Gasteiger partial charge on any atom is -0.465 e. The highest BCUT2D eigenvalue weighted by molar-refractivity contribution is 5.95. The molecule has 0 aromatic heterocycles. The zero-order chi connectivity index (χ0) is 12.2. The second-order valence-electron chi connectivity index (χ2n) is 3.55. The number of allylic oxidation sites excluding steroid dienone is 1. The average molecular weight is 224 g/mol. The van der Waals surface area contributed by atoms with Crippen LogP contribution in [0.1, 0.15) is 38.5 Å². The number of hydrogen-bond acceptors (Lipinski definition) is 3. The van der Waals surface area contributed by atoms with E-state index in [0.29, 0.717) is 19.4 Å². The molecule has 0 unspecified atom stereocenters. The number of carbonyl (C=O) groups is 2. The fraction of sp³-hybridized carbons (Fsp3) is 0.538. The number of ether oxygens (including phenoxy) is 1. The molecule has 0 N–H and O–H groups in total. The van der Waals surface area contributed by atoms with Gasteiger partial charge in [0.1, 0.15) is 12.2 Å². The van der Waals surface area contributed by atoms with E-state index in [2.05, 4.69) is 13.2 Å². The molecule has 0 atom stereocenters. The predicted molar refractivity (Wildman–Crippen MR) is 64.1 cm³/mol. The molecular weight excluding hydrogens is 204 g/mol. The Bertz CT molecular complexity index is 244. The van der Waals surface area contributed by atoms with Crippen LogP contribution in [0.15, 0.2) is 25.3 Å². The van der Waals surface area contributed by atoms with Crippen LogP contribution in [0.25, 0.3) is 0 Å². The third-order valence-corrected chi connectivity index (χ3v) is 2.04. The van der Waals surface area contributed by atoms with Crippen LogP contribution < -0.4 is 0 Å². The first-order valence-corrected chi connectivity index (χ1v) is 5.59. The van der Waals surface area contributed by atoms with Gasteiger partial charge in [0.15, 0.2) is 0 Å². The Hall–Kier alpha value is -1.38. The first-order chi connectivity index (χ1) is 7.70. The molecule has 3 nitrogen and oxygen atoms in total. The summed E-state index contributed by atoms with van der Waals surface area (Å²) in [6, 6.07) is 0. The van der Waals surface area contributed by atoms with Crippen molar-refractivity contribution in [3.63, 3.8) is 0 Å². The lowest BCUT2D eigenvalue weighted by molar-refractivity contribution is -0.145. The maximum Gasteiger partial charge on any atom is 0.313 e. The quantitative estimate of drug-likeness (QED) is 0.248. The molecule has 0 saturated heterocycles. The zero-order valence-corrected chi connectivity index (χ0v) is 9.74. The number of ketones is 1. The summed E-state index contributed by atoms with van der Waals surface area (Å²) in [5.41, 5.74) is 0. The maximum atomic E-state index is 11.3. The number of esters is 1. The summed E-state index contributed by atoms with van der Waals surface area (Å²) in [6.07, 6.45) is 7.13. The van der Waals surface area contributed by atoms with E-state index in [4.69, 9.17) is 4.74 Å². The van der Waals surface area contributed by atoms with Gasteiger partial charge in [-0.15, -0.1) is 13.2 Å². The molecule has 0 bridgehead atoms. The van der Waals surface area contributed by atoms with Crippen molar-refractivity contribution in [2.24, 2.45) is 0 Å². The Morgan fingerprint density at radius 1 is 1.06 bits per heavy atom. The molecule has 0 aliphatic heterocycles. The molecule has 0 spiro atoms. The molecular formula is C13H20O3. The van der Waals surface area contributed by atoms with E-state index < -0.39 is 5.97 Å². The molecule has 16 heavy (non-hydrogen) atoms. The number of rotatable bonds is 10. The van der Waals surface area contributed by atoms with Crippen LogP contribution in [0.3, 0.4) is 0 Å². The van der Waals surface area contributed by atoms with Crippen LogP contribution in [-0.2, 0) is 14.3 Å². The van der Waals surface area contributed by atoms with Crippen molar-refractivity contribution in [1.82, 2.24) is 0 Å². The van der Waals surface area contributed by atoms with E-state index in [-0.39, 0.29) is 12.2 Å². The van der Waals surface area contributed by atoms with E-state index in [1.807, 2.05) is 6.08 Å². The molecule has 0 aromatic rings. The second-order valence-corrected chi connectivity index (χ2v) is 3.55. The highest BCUT2D eigenvalue weighted by Crippen LogP contribution is 2.03. The van der Waals surface area contributed by atoms with E-state index in [0.717, 1.165) is 19.3 Å². The van der Waals surface area contributed by atoms with E-state index >= 15 is 0 Å². The molecule has 3 heteroatoms.